The van der Waals surface area contributed by atoms with E-state index in [-0.39, 0.29) is 17.4 Å². The quantitative estimate of drug-likeness (QED) is 0.486. The second-order valence-corrected chi connectivity index (χ2v) is 7.95. The maximum Gasteiger partial charge on any atom is 0.287 e. The molecular weight excluding hydrogens is 374 g/mol. The van der Waals surface area contributed by atoms with Crippen molar-refractivity contribution in [3.8, 4) is 0 Å². The Morgan fingerprint density at radius 1 is 1.35 bits per heavy atom. The highest BCUT2D eigenvalue weighted by atomic mass is 32.2. The number of aryl methyl sites for hydroxylation is 1. The number of amides is 1. The van der Waals surface area contributed by atoms with Crippen molar-refractivity contribution in [2.45, 2.75) is 43.7 Å². The first kappa shape index (κ1) is 18.6. The second-order valence-electron chi connectivity index (χ2n) is 5.75. The molecule has 138 valence electrons. The van der Waals surface area contributed by atoms with Crippen molar-refractivity contribution in [1.29, 1.82) is 0 Å². The number of nitrogens with zero attached hydrogens (tertiary/aromatic N) is 4. The number of aromatic nitrogens is 4. The molecule has 0 spiro atoms. The lowest BCUT2D eigenvalue weighted by Gasteiger charge is -2.09. The molecule has 0 atom stereocenters. The Labute approximate surface area is 158 Å². The predicted molar refractivity (Wildman–Crippen MR) is 101 cm³/mol. The molecular formula is C16H19N5O3S2. The van der Waals surface area contributed by atoms with Gasteiger partial charge in [-0.15, -0.1) is 14.8 Å². The zero-order valence-electron chi connectivity index (χ0n) is 14.7. The largest absolute Gasteiger partial charge is 0.375 e. The fraction of sp³-hybridized carbons (Fsp3) is 0.438. The third-order valence-corrected chi connectivity index (χ3v) is 5.87. The molecule has 0 unspecified atom stereocenters. The van der Waals surface area contributed by atoms with Crippen molar-refractivity contribution < 1.29 is 9.32 Å². The van der Waals surface area contributed by atoms with Gasteiger partial charge in [0.05, 0.1) is 5.69 Å². The van der Waals surface area contributed by atoms with Crippen molar-refractivity contribution in [3.63, 3.8) is 0 Å². The van der Waals surface area contributed by atoms with Gasteiger partial charge in [0.25, 0.3) is 5.56 Å². The van der Waals surface area contributed by atoms with Crippen LogP contribution in [0, 0.1) is 12.8 Å². The molecule has 26 heavy (non-hydrogen) atoms. The lowest BCUT2D eigenvalue weighted by Crippen LogP contribution is -2.21. The number of carbonyl (C=O) groups is 1. The summed E-state index contributed by atoms with van der Waals surface area (Å²) in [5, 5.41) is 11.4. The van der Waals surface area contributed by atoms with E-state index >= 15 is 0 Å². The molecule has 0 radical (unpaired) electrons. The molecule has 3 rings (SSSR count). The van der Waals surface area contributed by atoms with Crippen molar-refractivity contribution in [3.05, 3.63) is 33.9 Å². The van der Waals surface area contributed by atoms with Gasteiger partial charge in [-0.1, -0.05) is 36.9 Å². The first-order valence-electron chi connectivity index (χ1n) is 8.27. The maximum absolute atomic E-state index is 12.1. The minimum Gasteiger partial charge on any atom is -0.375 e. The summed E-state index contributed by atoms with van der Waals surface area (Å²) in [6.07, 6.45) is 1.58. The fourth-order valence-electron chi connectivity index (χ4n) is 2.47. The van der Waals surface area contributed by atoms with Crippen LogP contribution in [0.1, 0.15) is 38.1 Å². The van der Waals surface area contributed by atoms with E-state index in [1.807, 2.05) is 13.8 Å². The van der Waals surface area contributed by atoms with Crippen LogP contribution in [-0.4, -0.2) is 25.7 Å². The van der Waals surface area contributed by atoms with Gasteiger partial charge in [-0.05, 0) is 19.8 Å². The minimum atomic E-state index is -0.255. The number of hydrogen-bond donors (Lipinski definition) is 1. The van der Waals surface area contributed by atoms with Crippen LogP contribution in [0.5, 0.6) is 0 Å². The summed E-state index contributed by atoms with van der Waals surface area (Å²) in [4.78, 5) is 28.5. The normalized spacial score (nSPS) is 11.4. The number of carbonyl (C=O) groups excluding carboxylic acids is 1. The highest BCUT2D eigenvalue weighted by molar-refractivity contribution is 8.00. The third kappa shape index (κ3) is 4.13. The summed E-state index contributed by atoms with van der Waals surface area (Å²) in [7, 11) is 0. The van der Waals surface area contributed by atoms with Crippen LogP contribution in [0.25, 0.3) is 5.65 Å². The summed E-state index contributed by atoms with van der Waals surface area (Å²) >= 11 is 2.73. The molecule has 3 aromatic heterocycles. The molecule has 0 aliphatic rings. The molecule has 0 aromatic carbocycles. The number of nitrogens with one attached hydrogen (secondary N) is 1. The van der Waals surface area contributed by atoms with Gasteiger partial charge in [-0.2, -0.15) is 0 Å². The molecule has 10 heteroatoms. The van der Waals surface area contributed by atoms with E-state index in [1.54, 1.807) is 13.0 Å². The molecule has 0 saturated carbocycles. The number of rotatable bonds is 7. The molecule has 0 aliphatic carbocycles. The van der Waals surface area contributed by atoms with Crippen LogP contribution in [-0.2, 0) is 10.5 Å². The van der Waals surface area contributed by atoms with Gasteiger partial charge in [0.1, 0.15) is 5.76 Å². The molecule has 0 bridgehead atoms. The zero-order valence-corrected chi connectivity index (χ0v) is 16.3. The lowest BCUT2D eigenvalue weighted by atomic mass is 10.0. The van der Waals surface area contributed by atoms with E-state index in [9.17, 15) is 9.59 Å². The fourth-order valence-corrected chi connectivity index (χ4v) is 4.12. The van der Waals surface area contributed by atoms with Crippen LogP contribution in [0.2, 0.25) is 0 Å². The standard InChI is InChI=1S/C16H19N5O3S2/c1-4-10(5-2)14(23)18-15-19-20-16(26-15)25-8-11-7-13(22)21-12(17-11)6-9(3)24-21/h6-7,10H,4-5,8H2,1-3H3,(H,18,19,23). The van der Waals surface area contributed by atoms with E-state index in [2.05, 4.69) is 20.5 Å². The SMILES string of the molecule is CCC(CC)C(=O)Nc1nnc(SCc2cc(=O)n3oc(C)cc3n2)s1. The van der Waals surface area contributed by atoms with Crippen LogP contribution in [0.3, 0.4) is 0 Å². The van der Waals surface area contributed by atoms with E-state index < -0.39 is 0 Å². The van der Waals surface area contributed by atoms with E-state index in [0.29, 0.717) is 32.3 Å². The maximum atomic E-state index is 12.1. The van der Waals surface area contributed by atoms with E-state index in [0.717, 1.165) is 12.8 Å². The van der Waals surface area contributed by atoms with Crippen molar-refractivity contribution in [2.24, 2.45) is 5.92 Å². The molecule has 1 amide bonds. The Morgan fingerprint density at radius 3 is 2.85 bits per heavy atom. The lowest BCUT2D eigenvalue weighted by molar-refractivity contribution is -0.120. The summed E-state index contributed by atoms with van der Waals surface area (Å²) in [5.41, 5.74) is 0.869. The van der Waals surface area contributed by atoms with E-state index in [4.69, 9.17) is 4.52 Å². The molecule has 0 aliphatic heterocycles. The van der Waals surface area contributed by atoms with Crippen molar-refractivity contribution in [1.82, 2.24) is 19.8 Å². The molecule has 8 nitrogen and oxygen atoms in total. The molecule has 3 heterocycles. The van der Waals surface area contributed by atoms with Gasteiger partial charge in [-0.25, -0.2) is 4.98 Å². The molecule has 0 saturated heterocycles. The van der Waals surface area contributed by atoms with Gasteiger partial charge >= 0.3 is 0 Å². The van der Waals surface area contributed by atoms with Gasteiger partial charge < -0.3 is 9.84 Å². The van der Waals surface area contributed by atoms with Crippen molar-refractivity contribution >= 4 is 39.8 Å². The highest BCUT2D eigenvalue weighted by Crippen LogP contribution is 2.28. The highest BCUT2D eigenvalue weighted by Gasteiger charge is 2.16. The Morgan fingerprint density at radius 2 is 2.12 bits per heavy atom. The second kappa shape index (κ2) is 8.00. The van der Waals surface area contributed by atoms with Gasteiger partial charge in [0.15, 0.2) is 9.99 Å². The summed E-state index contributed by atoms with van der Waals surface area (Å²) < 4.78 is 7.14. The van der Waals surface area contributed by atoms with Gasteiger partial charge in [0, 0.05) is 23.8 Å². The van der Waals surface area contributed by atoms with Crippen LogP contribution >= 0.6 is 23.1 Å². The molecule has 0 fully saturated rings. The average molecular weight is 393 g/mol. The van der Waals surface area contributed by atoms with Crippen molar-refractivity contribution in [2.75, 3.05) is 5.32 Å². The number of anilines is 1. The minimum absolute atomic E-state index is 0.0164. The summed E-state index contributed by atoms with van der Waals surface area (Å²) in [6, 6.07) is 3.16. The first-order chi connectivity index (χ1) is 12.5. The van der Waals surface area contributed by atoms with E-state index in [1.165, 1.54) is 33.7 Å². The number of hydrogen-bond acceptors (Lipinski definition) is 8. The summed E-state index contributed by atoms with van der Waals surface area (Å²) in [6.45, 7) is 5.74. The Hall–Kier alpha value is -2.20. The number of fused-ring (bicyclic) bond motifs is 1. The number of thioether (sulfide) groups is 1. The molecule has 1 N–H and O–H groups in total. The Bertz CT molecular complexity index is 974. The third-order valence-electron chi connectivity index (χ3n) is 3.86. The Balaban J connectivity index is 1.65. The van der Waals surface area contributed by atoms with Crippen LogP contribution in [0.4, 0.5) is 5.13 Å². The van der Waals surface area contributed by atoms with Gasteiger partial charge in [0.2, 0.25) is 11.0 Å². The predicted octanol–water partition coefficient (Wildman–Crippen LogP) is 3.11. The zero-order chi connectivity index (χ0) is 18.7. The Kier molecular flexibility index (Phi) is 5.72. The van der Waals surface area contributed by atoms with Gasteiger partial charge in [-0.3, -0.25) is 9.59 Å². The average Bonchev–Trinajstić information content (AvgIpc) is 3.20. The smallest absolute Gasteiger partial charge is 0.287 e. The molecule has 3 aromatic rings. The summed E-state index contributed by atoms with van der Waals surface area (Å²) in [5.74, 6) is 1.06. The van der Waals surface area contributed by atoms with Crippen LogP contribution < -0.4 is 10.9 Å². The monoisotopic (exact) mass is 393 g/mol. The topological polar surface area (TPSA) is 102 Å². The van der Waals surface area contributed by atoms with Crippen LogP contribution in [0.15, 0.2) is 25.8 Å². The first-order valence-corrected chi connectivity index (χ1v) is 10.1.